The maximum absolute atomic E-state index is 13.2. The van der Waals surface area contributed by atoms with Crippen molar-refractivity contribution in [3.05, 3.63) is 65.7 Å². The Morgan fingerprint density at radius 3 is 2.33 bits per heavy atom. The first kappa shape index (κ1) is 20.5. The van der Waals surface area contributed by atoms with Crippen LogP contribution in [0, 0.1) is 11.6 Å². The van der Waals surface area contributed by atoms with Crippen LogP contribution in [0.5, 0.6) is 0 Å². The summed E-state index contributed by atoms with van der Waals surface area (Å²) in [5, 5.41) is 2.81. The van der Waals surface area contributed by atoms with Crippen LogP contribution in [0.2, 0.25) is 0 Å². The average molecular weight is 413 g/mol. The van der Waals surface area contributed by atoms with E-state index in [1.54, 1.807) is 12.1 Å². The Kier molecular flexibility index (Phi) is 6.08. The normalized spacial score (nSPS) is 21.9. The largest absolute Gasteiger partial charge is 0.334 e. The zero-order chi connectivity index (χ0) is 21.1. The molecule has 2 aromatic carbocycles. The molecule has 2 heterocycles. The second-order valence-electron chi connectivity index (χ2n) is 7.99. The molecule has 158 valence electrons. The van der Waals surface area contributed by atoms with Crippen molar-refractivity contribution in [2.75, 3.05) is 18.4 Å². The highest BCUT2D eigenvalue weighted by Crippen LogP contribution is 2.31. The average Bonchev–Trinajstić information content (AvgIpc) is 3.03. The van der Waals surface area contributed by atoms with Crippen molar-refractivity contribution in [2.24, 2.45) is 0 Å². The van der Waals surface area contributed by atoms with Crippen LogP contribution in [0.25, 0.3) is 0 Å². The van der Waals surface area contributed by atoms with Crippen LogP contribution in [0.15, 0.2) is 48.5 Å². The molecule has 5 nitrogen and oxygen atoms in total. The summed E-state index contributed by atoms with van der Waals surface area (Å²) < 4.78 is 26.3. The van der Waals surface area contributed by atoms with Crippen molar-refractivity contribution in [1.82, 2.24) is 9.80 Å². The van der Waals surface area contributed by atoms with Crippen LogP contribution in [0.4, 0.5) is 14.5 Å². The highest BCUT2D eigenvalue weighted by atomic mass is 19.1. The highest BCUT2D eigenvalue weighted by molar-refractivity contribution is 5.92. The van der Waals surface area contributed by atoms with E-state index in [1.165, 1.54) is 36.4 Å². The predicted molar refractivity (Wildman–Crippen MR) is 110 cm³/mol. The van der Waals surface area contributed by atoms with Crippen molar-refractivity contribution in [1.29, 1.82) is 0 Å². The number of carbonyl (C=O) groups excluding carboxylic acids is 2. The third-order valence-electron chi connectivity index (χ3n) is 5.98. The van der Waals surface area contributed by atoms with Crippen LogP contribution in [-0.2, 0) is 16.1 Å². The van der Waals surface area contributed by atoms with E-state index in [0.29, 0.717) is 18.7 Å². The summed E-state index contributed by atoms with van der Waals surface area (Å²) in [5.74, 6) is -0.676. The van der Waals surface area contributed by atoms with Crippen molar-refractivity contribution in [3.63, 3.8) is 0 Å². The SMILES string of the molecule is O=C(CN1CC[C@@H]2[C@H]1CCCC(=O)N2Cc1ccc(F)cc1)Nc1ccc(F)cc1. The molecule has 2 atom stereocenters. The van der Waals surface area contributed by atoms with Gasteiger partial charge in [0.2, 0.25) is 11.8 Å². The summed E-state index contributed by atoms with van der Waals surface area (Å²) in [7, 11) is 0. The zero-order valence-electron chi connectivity index (χ0n) is 16.7. The fourth-order valence-electron chi connectivity index (χ4n) is 4.54. The van der Waals surface area contributed by atoms with Gasteiger partial charge < -0.3 is 10.2 Å². The molecule has 2 fully saturated rings. The van der Waals surface area contributed by atoms with Gasteiger partial charge in [-0.3, -0.25) is 14.5 Å². The van der Waals surface area contributed by atoms with Crippen LogP contribution in [0.1, 0.15) is 31.2 Å². The van der Waals surface area contributed by atoms with E-state index in [-0.39, 0.29) is 42.1 Å². The first-order valence-corrected chi connectivity index (χ1v) is 10.3. The molecule has 0 saturated carbocycles. The van der Waals surface area contributed by atoms with Gasteiger partial charge in [-0.2, -0.15) is 0 Å². The third kappa shape index (κ3) is 4.67. The van der Waals surface area contributed by atoms with E-state index < -0.39 is 0 Å². The van der Waals surface area contributed by atoms with Gasteiger partial charge in [0.25, 0.3) is 0 Å². The number of likely N-dealkylation sites (tertiary alicyclic amines) is 2. The molecule has 0 spiro atoms. The van der Waals surface area contributed by atoms with Gasteiger partial charge in [-0.25, -0.2) is 8.78 Å². The van der Waals surface area contributed by atoms with E-state index in [0.717, 1.165) is 31.4 Å². The lowest BCUT2D eigenvalue weighted by atomic mass is 10.0. The minimum atomic E-state index is -0.347. The lowest BCUT2D eigenvalue weighted by Crippen LogP contribution is -2.47. The van der Waals surface area contributed by atoms with Gasteiger partial charge in [-0.1, -0.05) is 12.1 Å². The van der Waals surface area contributed by atoms with Gasteiger partial charge >= 0.3 is 0 Å². The van der Waals surface area contributed by atoms with Crippen LogP contribution >= 0.6 is 0 Å². The number of halogens is 2. The van der Waals surface area contributed by atoms with Crippen molar-refractivity contribution in [2.45, 2.75) is 44.3 Å². The van der Waals surface area contributed by atoms with Gasteiger partial charge in [-0.15, -0.1) is 0 Å². The summed E-state index contributed by atoms with van der Waals surface area (Å²) >= 11 is 0. The molecular weight excluding hydrogens is 388 g/mol. The number of hydrogen-bond donors (Lipinski definition) is 1. The monoisotopic (exact) mass is 413 g/mol. The number of hydrogen-bond acceptors (Lipinski definition) is 3. The fourth-order valence-corrected chi connectivity index (χ4v) is 4.54. The van der Waals surface area contributed by atoms with Gasteiger partial charge in [0.05, 0.1) is 6.54 Å². The minimum absolute atomic E-state index is 0.0451. The van der Waals surface area contributed by atoms with Gasteiger partial charge in [-0.05, 0) is 61.2 Å². The molecule has 0 radical (unpaired) electrons. The van der Waals surface area contributed by atoms with E-state index >= 15 is 0 Å². The second-order valence-corrected chi connectivity index (χ2v) is 7.99. The first-order valence-electron chi connectivity index (χ1n) is 10.3. The minimum Gasteiger partial charge on any atom is -0.334 e. The summed E-state index contributed by atoms with van der Waals surface area (Å²) in [6.45, 7) is 1.42. The summed E-state index contributed by atoms with van der Waals surface area (Å²) in [6.07, 6.45) is 2.95. The van der Waals surface area contributed by atoms with E-state index in [1.807, 2.05) is 4.90 Å². The van der Waals surface area contributed by atoms with Crippen LogP contribution in [0.3, 0.4) is 0 Å². The first-order chi connectivity index (χ1) is 14.5. The number of anilines is 1. The smallest absolute Gasteiger partial charge is 0.238 e. The zero-order valence-corrected chi connectivity index (χ0v) is 16.7. The topological polar surface area (TPSA) is 52.7 Å². The molecule has 0 aromatic heterocycles. The summed E-state index contributed by atoms with van der Waals surface area (Å²) in [6, 6.07) is 12.1. The third-order valence-corrected chi connectivity index (χ3v) is 5.98. The molecule has 2 aromatic rings. The number of nitrogens with one attached hydrogen (secondary N) is 1. The Morgan fingerprint density at radius 2 is 1.63 bits per heavy atom. The van der Waals surface area contributed by atoms with E-state index in [4.69, 9.17) is 0 Å². The maximum Gasteiger partial charge on any atom is 0.238 e. The predicted octanol–water partition coefficient (Wildman–Crippen LogP) is 3.56. The molecule has 2 aliphatic heterocycles. The lowest BCUT2D eigenvalue weighted by Gasteiger charge is -2.33. The molecule has 0 unspecified atom stereocenters. The number of fused-ring (bicyclic) bond motifs is 1. The van der Waals surface area contributed by atoms with E-state index in [2.05, 4.69) is 10.2 Å². The molecule has 2 aliphatic rings. The standard InChI is InChI=1S/C23H25F2N3O2/c24-17-6-4-16(5-7-17)14-28-21-12-13-27(20(21)2-1-3-23(28)30)15-22(29)26-19-10-8-18(25)9-11-19/h4-11,20-21H,1-3,12-15H2,(H,26,29)/t20-,21-/m1/s1. The van der Waals surface area contributed by atoms with Crippen molar-refractivity contribution in [3.8, 4) is 0 Å². The van der Waals surface area contributed by atoms with Gasteiger partial charge in [0.1, 0.15) is 11.6 Å². The summed E-state index contributed by atoms with van der Waals surface area (Å²) in [4.78, 5) is 29.3. The number of amides is 2. The highest BCUT2D eigenvalue weighted by Gasteiger charge is 2.41. The Balaban J connectivity index is 1.42. The van der Waals surface area contributed by atoms with Crippen LogP contribution < -0.4 is 5.32 Å². The van der Waals surface area contributed by atoms with Gasteiger partial charge in [0, 0.05) is 37.3 Å². The molecule has 1 N–H and O–H groups in total. The van der Waals surface area contributed by atoms with Crippen molar-refractivity contribution >= 4 is 17.5 Å². The fraction of sp³-hybridized carbons (Fsp3) is 0.391. The Bertz CT molecular complexity index is 902. The molecule has 2 amide bonds. The molecule has 0 aliphatic carbocycles. The summed E-state index contributed by atoms with van der Waals surface area (Å²) in [5.41, 5.74) is 1.46. The molecule has 4 rings (SSSR count). The molecule has 30 heavy (non-hydrogen) atoms. The number of rotatable bonds is 5. The quantitative estimate of drug-likeness (QED) is 0.816. The number of benzene rings is 2. The van der Waals surface area contributed by atoms with Gasteiger partial charge in [0.15, 0.2) is 0 Å². The lowest BCUT2D eigenvalue weighted by molar-refractivity contribution is -0.133. The van der Waals surface area contributed by atoms with Crippen LogP contribution in [-0.4, -0.2) is 46.8 Å². The number of carbonyl (C=O) groups is 2. The molecule has 0 bridgehead atoms. The molecular formula is C23H25F2N3O2. The Labute approximate surface area is 174 Å². The van der Waals surface area contributed by atoms with Crippen molar-refractivity contribution < 1.29 is 18.4 Å². The number of nitrogens with zero attached hydrogens (tertiary/aromatic N) is 2. The maximum atomic E-state index is 13.2. The Morgan fingerprint density at radius 1 is 0.967 bits per heavy atom. The molecule has 2 saturated heterocycles. The molecule has 7 heteroatoms. The second kappa shape index (κ2) is 8.92. The van der Waals surface area contributed by atoms with E-state index in [9.17, 15) is 18.4 Å². The Hall–Kier alpha value is -2.80.